The summed E-state index contributed by atoms with van der Waals surface area (Å²) in [5, 5.41) is 11.7. The van der Waals surface area contributed by atoms with Crippen LogP contribution in [0.15, 0.2) is 27.5 Å². The molecule has 4 heterocycles. The van der Waals surface area contributed by atoms with Crippen LogP contribution >= 0.6 is 34.4 Å². The standard InChI is InChI=1S/C19H20N6OS3/c1-9-5-6-11-13(8-9)29-18-14(11)17(26)21-15(22-18)10(2)28-19-24-23-16(25(19)20)12-4-3-7-27-12/h3-4,7,9-10H,5-6,8,20H2,1-2H3,(H,21,22,26)/t9-,10+/m1/s1. The second-order valence-corrected chi connectivity index (χ2v) is 10.7. The Morgan fingerprint density at radius 1 is 1.41 bits per heavy atom. The van der Waals surface area contributed by atoms with Gasteiger partial charge in [0, 0.05) is 4.88 Å². The van der Waals surface area contributed by atoms with E-state index < -0.39 is 0 Å². The van der Waals surface area contributed by atoms with Gasteiger partial charge in [-0.1, -0.05) is 24.8 Å². The Morgan fingerprint density at radius 2 is 2.28 bits per heavy atom. The largest absolute Gasteiger partial charge is 0.335 e. The van der Waals surface area contributed by atoms with Crippen LogP contribution in [0.25, 0.3) is 20.9 Å². The number of nitrogen functional groups attached to an aromatic ring is 1. The maximum absolute atomic E-state index is 12.8. The van der Waals surface area contributed by atoms with E-state index in [4.69, 9.17) is 10.8 Å². The lowest BCUT2D eigenvalue weighted by Crippen LogP contribution is -2.16. The zero-order chi connectivity index (χ0) is 20.1. The van der Waals surface area contributed by atoms with Crippen LogP contribution < -0.4 is 11.4 Å². The molecule has 1 aliphatic carbocycles. The summed E-state index contributed by atoms with van der Waals surface area (Å²) in [4.78, 5) is 23.7. The molecular weight excluding hydrogens is 424 g/mol. The lowest BCUT2D eigenvalue weighted by Gasteiger charge is -2.17. The lowest BCUT2D eigenvalue weighted by atomic mass is 9.89. The number of fused-ring (bicyclic) bond motifs is 3. The van der Waals surface area contributed by atoms with Crippen molar-refractivity contribution in [1.82, 2.24) is 24.8 Å². The van der Waals surface area contributed by atoms with Gasteiger partial charge in [0.15, 0.2) is 5.82 Å². The molecule has 4 aromatic rings. The van der Waals surface area contributed by atoms with Crippen molar-refractivity contribution in [3.05, 3.63) is 44.1 Å². The van der Waals surface area contributed by atoms with Crippen molar-refractivity contribution in [1.29, 1.82) is 0 Å². The van der Waals surface area contributed by atoms with E-state index in [0.29, 0.717) is 22.7 Å². The van der Waals surface area contributed by atoms with Crippen molar-refractivity contribution < 1.29 is 0 Å². The van der Waals surface area contributed by atoms with Crippen molar-refractivity contribution in [3.8, 4) is 10.7 Å². The summed E-state index contributed by atoms with van der Waals surface area (Å²) in [5.74, 6) is 8.14. The fourth-order valence-electron chi connectivity index (χ4n) is 3.70. The molecule has 0 fully saturated rings. The topological polar surface area (TPSA) is 102 Å². The Morgan fingerprint density at radius 3 is 3.07 bits per heavy atom. The van der Waals surface area contributed by atoms with E-state index in [9.17, 15) is 4.79 Å². The van der Waals surface area contributed by atoms with Crippen molar-refractivity contribution in [2.75, 3.05) is 5.84 Å². The SMILES string of the molecule is C[C@@H]1CCc2c(sc3nc([C@H](C)Sc4nnc(-c5cccs5)n4N)[nH]c(=O)c23)C1. The molecule has 0 bridgehead atoms. The monoisotopic (exact) mass is 444 g/mol. The highest BCUT2D eigenvalue weighted by Gasteiger charge is 2.24. The van der Waals surface area contributed by atoms with Gasteiger partial charge in [0.1, 0.15) is 10.7 Å². The number of hydrogen-bond donors (Lipinski definition) is 2. The fourth-order valence-corrected chi connectivity index (χ4v) is 6.63. The van der Waals surface area contributed by atoms with Gasteiger partial charge >= 0.3 is 0 Å². The van der Waals surface area contributed by atoms with E-state index in [0.717, 1.165) is 34.4 Å². The number of thioether (sulfide) groups is 1. The van der Waals surface area contributed by atoms with Crippen molar-refractivity contribution in [2.45, 2.75) is 43.5 Å². The molecule has 0 saturated heterocycles. The second kappa shape index (κ2) is 7.26. The third kappa shape index (κ3) is 3.28. The van der Waals surface area contributed by atoms with Crippen LogP contribution in [-0.2, 0) is 12.8 Å². The molecular formula is C19H20N6OS3. The number of aromatic amines is 1. The van der Waals surface area contributed by atoms with Crippen LogP contribution in [0.2, 0.25) is 0 Å². The zero-order valence-electron chi connectivity index (χ0n) is 16.0. The van der Waals surface area contributed by atoms with Crippen molar-refractivity contribution >= 4 is 44.7 Å². The van der Waals surface area contributed by atoms with Gasteiger partial charge in [0.2, 0.25) is 5.16 Å². The molecule has 3 N–H and O–H groups in total. The van der Waals surface area contributed by atoms with Crippen LogP contribution in [0.4, 0.5) is 0 Å². The average molecular weight is 445 g/mol. The lowest BCUT2D eigenvalue weighted by molar-refractivity contribution is 0.509. The minimum atomic E-state index is -0.118. The maximum Gasteiger partial charge on any atom is 0.259 e. The fraction of sp³-hybridized carbons (Fsp3) is 0.368. The molecule has 0 aromatic carbocycles. The van der Waals surface area contributed by atoms with E-state index in [1.54, 1.807) is 22.7 Å². The molecule has 2 atom stereocenters. The summed E-state index contributed by atoms with van der Waals surface area (Å²) in [6.45, 7) is 4.26. The number of thiophene rings is 2. The molecule has 4 aromatic heterocycles. The summed E-state index contributed by atoms with van der Waals surface area (Å²) in [6, 6.07) is 3.91. The summed E-state index contributed by atoms with van der Waals surface area (Å²) in [5.41, 5.74) is 1.16. The minimum absolute atomic E-state index is 0.0435. The number of aromatic nitrogens is 5. The summed E-state index contributed by atoms with van der Waals surface area (Å²) < 4.78 is 1.49. The molecule has 10 heteroatoms. The van der Waals surface area contributed by atoms with Gasteiger partial charge in [0.05, 0.1) is 15.5 Å². The van der Waals surface area contributed by atoms with E-state index >= 15 is 0 Å². The third-order valence-corrected chi connectivity index (χ3v) is 8.34. The summed E-state index contributed by atoms with van der Waals surface area (Å²) in [6.07, 6.45) is 3.13. The Balaban J connectivity index is 1.46. The first-order chi connectivity index (χ1) is 14.0. The molecule has 29 heavy (non-hydrogen) atoms. The number of hydrogen-bond acceptors (Lipinski definition) is 8. The Kier molecular flexibility index (Phi) is 4.72. The minimum Gasteiger partial charge on any atom is -0.335 e. The van der Waals surface area contributed by atoms with Crippen LogP contribution in [0.1, 0.15) is 41.8 Å². The first kappa shape index (κ1) is 18.8. The molecule has 7 nitrogen and oxygen atoms in total. The van der Waals surface area contributed by atoms with Gasteiger partial charge in [-0.05, 0) is 49.1 Å². The molecule has 150 valence electrons. The quantitative estimate of drug-likeness (QED) is 0.364. The van der Waals surface area contributed by atoms with Crippen molar-refractivity contribution in [3.63, 3.8) is 0 Å². The molecule has 5 rings (SSSR count). The molecule has 0 unspecified atom stereocenters. The van der Waals surface area contributed by atoms with Crippen molar-refractivity contribution in [2.24, 2.45) is 5.92 Å². The van der Waals surface area contributed by atoms with Crippen LogP contribution in [0.3, 0.4) is 0 Å². The zero-order valence-corrected chi connectivity index (χ0v) is 18.5. The summed E-state index contributed by atoms with van der Waals surface area (Å²) in [7, 11) is 0. The van der Waals surface area contributed by atoms with E-state index in [2.05, 4.69) is 22.1 Å². The highest BCUT2D eigenvalue weighted by Crippen LogP contribution is 2.38. The number of nitrogens with zero attached hydrogens (tertiary/aromatic N) is 4. The average Bonchev–Trinajstić information content (AvgIpc) is 3.40. The highest BCUT2D eigenvalue weighted by atomic mass is 32.2. The second-order valence-electron chi connectivity index (χ2n) is 7.40. The number of nitrogens with two attached hydrogens (primary N) is 1. The maximum atomic E-state index is 12.8. The summed E-state index contributed by atoms with van der Waals surface area (Å²) >= 11 is 4.66. The van der Waals surface area contributed by atoms with Gasteiger partial charge in [0.25, 0.3) is 5.56 Å². The Hall–Kier alpha value is -2.17. The molecule has 0 spiro atoms. The third-order valence-electron chi connectivity index (χ3n) is 5.26. The molecule has 0 amide bonds. The number of H-pyrrole nitrogens is 1. The number of nitrogens with one attached hydrogen (secondary N) is 1. The number of rotatable bonds is 4. The van der Waals surface area contributed by atoms with Crippen LogP contribution in [0.5, 0.6) is 0 Å². The van der Waals surface area contributed by atoms with E-state index in [-0.39, 0.29) is 10.8 Å². The predicted octanol–water partition coefficient (Wildman–Crippen LogP) is 4.00. The van der Waals surface area contributed by atoms with Crippen LogP contribution in [0, 0.1) is 5.92 Å². The van der Waals surface area contributed by atoms with E-state index in [1.165, 1.54) is 26.9 Å². The smallest absolute Gasteiger partial charge is 0.259 e. The first-order valence-corrected chi connectivity index (χ1v) is 12.0. The van der Waals surface area contributed by atoms with Gasteiger partial charge < -0.3 is 10.8 Å². The molecule has 0 aliphatic heterocycles. The first-order valence-electron chi connectivity index (χ1n) is 9.46. The van der Waals surface area contributed by atoms with Gasteiger partial charge in [-0.2, -0.15) is 0 Å². The Labute approximate surface area is 179 Å². The van der Waals surface area contributed by atoms with Crippen LogP contribution in [-0.4, -0.2) is 24.8 Å². The van der Waals surface area contributed by atoms with Gasteiger partial charge in [-0.3, -0.25) is 4.79 Å². The van der Waals surface area contributed by atoms with Gasteiger partial charge in [-0.25, -0.2) is 9.66 Å². The van der Waals surface area contributed by atoms with E-state index in [1.807, 2.05) is 24.4 Å². The molecule has 1 aliphatic rings. The molecule has 0 radical (unpaired) electrons. The normalized spacial score (nSPS) is 17.5. The predicted molar refractivity (Wildman–Crippen MR) is 119 cm³/mol. The Bertz CT molecular complexity index is 1240. The number of aryl methyl sites for hydroxylation is 1. The van der Waals surface area contributed by atoms with Gasteiger partial charge in [-0.15, -0.1) is 32.9 Å². The highest BCUT2D eigenvalue weighted by molar-refractivity contribution is 7.99. The molecule has 0 saturated carbocycles.